The van der Waals surface area contributed by atoms with E-state index >= 15 is 0 Å². The van der Waals surface area contributed by atoms with Crippen molar-refractivity contribution in [3.63, 3.8) is 0 Å². The zero-order valence-electron chi connectivity index (χ0n) is 11.8. The number of carbonyl (C=O) groups excluding carboxylic acids is 1. The number of nitrogens with two attached hydrogens (primary N) is 1. The maximum atomic E-state index is 12.6. The molecule has 0 atom stereocenters. The predicted molar refractivity (Wildman–Crippen MR) is 71.9 cm³/mol. The van der Waals surface area contributed by atoms with E-state index in [1.54, 1.807) is 0 Å². The Morgan fingerprint density at radius 1 is 1.32 bits per heavy atom. The molecule has 0 bridgehead atoms. The summed E-state index contributed by atoms with van der Waals surface area (Å²) >= 11 is 0. The Morgan fingerprint density at radius 3 is 2.50 bits per heavy atom. The summed E-state index contributed by atoms with van der Waals surface area (Å²) in [5, 5.41) is 3.40. The van der Waals surface area contributed by atoms with Gasteiger partial charge < -0.3 is 5.73 Å². The third-order valence-corrected chi connectivity index (χ3v) is 3.67. The van der Waals surface area contributed by atoms with Gasteiger partial charge in [0.25, 0.3) is 5.56 Å². The Balaban J connectivity index is 2.00. The van der Waals surface area contributed by atoms with E-state index in [9.17, 15) is 22.8 Å². The van der Waals surface area contributed by atoms with Gasteiger partial charge in [-0.25, -0.2) is 4.68 Å². The van der Waals surface area contributed by atoms with E-state index in [0.29, 0.717) is 32.0 Å². The van der Waals surface area contributed by atoms with E-state index in [1.165, 1.54) is 0 Å². The number of primary amides is 1. The van der Waals surface area contributed by atoms with E-state index in [1.807, 2.05) is 4.90 Å². The van der Waals surface area contributed by atoms with Gasteiger partial charge in [0.05, 0.1) is 6.54 Å². The zero-order chi connectivity index (χ0) is 16.3. The van der Waals surface area contributed by atoms with Crippen molar-refractivity contribution in [3.05, 3.63) is 28.2 Å². The van der Waals surface area contributed by atoms with Crippen molar-refractivity contribution in [1.29, 1.82) is 0 Å². The van der Waals surface area contributed by atoms with Gasteiger partial charge >= 0.3 is 6.18 Å². The van der Waals surface area contributed by atoms with Crippen LogP contribution < -0.4 is 11.3 Å². The number of hydrogen-bond acceptors (Lipinski definition) is 4. The Hall–Kier alpha value is -1.90. The molecule has 122 valence electrons. The van der Waals surface area contributed by atoms with Crippen molar-refractivity contribution in [1.82, 2.24) is 14.7 Å². The van der Waals surface area contributed by atoms with Gasteiger partial charge in [0, 0.05) is 12.6 Å². The van der Waals surface area contributed by atoms with Crippen molar-refractivity contribution in [3.8, 4) is 0 Å². The summed E-state index contributed by atoms with van der Waals surface area (Å²) in [7, 11) is 0. The molecule has 2 heterocycles. The molecule has 1 amide bonds. The summed E-state index contributed by atoms with van der Waals surface area (Å²) in [6.45, 7) is 1.57. The summed E-state index contributed by atoms with van der Waals surface area (Å²) in [6, 6.07) is 1.58. The third-order valence-electron chi connectivity index (χ3n) is 3.67. The van der Waals surface area contributed by atoms with Crippen molar-refractivity contribution in [2.24, 2.45) is 11.7 Å². The van der Waals surface area contributed by atoms with Gasteiger partial charge in [-0.1, -0.05) is 0 Å². The van der Waals surface area contributed by atoms with Crippen LogP contribution in [0.5, 0.6) is 0 Å². The van der Waals surface area contributed by atoms with Crippen molar-refractivity contribution in [2.45, 2.75) is 25.6 Å². The minimum atomic E-state index is -4.57. The van der Waals surface area contributed by atoms with Gasteiger partial charge in [-0.05, 0) is 37.9 Å². The first kappa shape index (κ1) is 16.5. The zero-order valence-corrected chi connectivity index (χ0v) is 11.8. The number of alkyl halides is 3. The lowest BCUT2D eigenvalue weighted by molar-refractivity contribution is -0.142. The molecule has 1 saturated heterocycles. The van der Waals surface area contributed by atoms with Crippen LogP contribution in [-0.4, -0.2) is 40.2 Å². The molecule has 9 heteroatoms. The van der Waals surface area contributed by atoms with Crippen LogP contribution in [0.15, 0.2) is 16.9 Å². The standard InChI is InChI=1S/C13H17F3N4O2/c14-13(15,16)10-1-2-12(22)20(18-10)7-9-3-5-19(6-4-9)8-11(17)21/h1-2,9H,3-8H2,(H2,17,21). The maximum absolute atomic E-state index is 12.6. The highest BCUT2D eigenvalue weighted by Gasteiger charge is 2.33. The van der Waals surface area contributed by atoms with Crippen LogP contribution in [0.4, 0.5) is 13.2 Å². The van der Waals surface area contributed by atoms with E-state index in [-0.39, 0.29) is 19.0 Å². The van der Waals surface area contributed by atoms with Crippen LogP contribution >= 0.6 is 0 Å². The smallest absolute Gasteiger partial charge is 0.369 e. The summed E-state index contributed by atoms with van der Waals surface area (Å²) in [6.07, 6.45) is -3.21. The molecule has 0 unspecified atom stereocenters. The van der Waals surface area contributed by atoms with Gasteiger partial charge in [0.2, 0.25) is 5.91 Å². The second-order valence-electron chi connectivity index (χ2n) is 5.42. The van der Waals surface area contributed by atoms with Gasteiger partial charge in [-0.2, -0.15) is 18.3 Å². The third kappa shape index (κ3) is 4.30. The van der Waals surface area contributed by atoms with Crippen LogP contribution in [0.3, 0.4) is 0 Å². The fraction of sp³-hybridized carbons (Fsp3) is 0.615. The summed E-state index contributed by atoms with van der Waals surface area (Å²) in [5.74, 6) is -0.355. The SMILES string of the molecule is NC(=O)CN1CCC(Cn2nc(C(F)(F)F)ccc2=O)CC1. The Bertz CT molecular complexity index is 592. The van der Waals surface area contributed by atoms with E-state index in [2.05, 4.69) is 5.10 Å². The quantitative estimate of drug-likeness (QED) is 0.874. The minimum Gasteiger partial charge on any atom is -0.369 e. The topological polar surface area (TPSA) is 81.2 Å². The van der Waals surface area contributed by atoms with Crippen LogP contribution in [0.25, 0.3) is 0 Å². The molecule has 1 aliphatic heterocycles. The lowest BCUT2D eigenvalue weighted by atomic mass is 9.97. The Morgan fingerprint density at radius 2 is 1.95 bits per heavy atom. The van der Waals surface area contributed by atoms with E-state index in [0.717, 1.165) is 10.7 Å². The summed E-state index contributed by atoms with van der Waals surface area (Å²) in [4.78, 5) is 24.4. The number of likely N-dealkylation sites (tertiary alicyclic amines) is 1. The number of piperidine rings is 1. The van der Waals surface area contributed by atoms with Gasteiger partial charge in [-0.15, -0.1) is 0 Å². The normalized spacial score (nSPS) is 17.6. The molecule has 22 heavy (non-hydrogen) atoms. The monoisotopic (exact) mass is 318 g/mol. The molecule has 0 radical (unpaired) electrons. The highest BCUT2D eigenvalue weighted by molar-refractivity contribution is 5.75. The molecule has 0 spiro atoms. The van der Waals surface area contributed by atoms with Gasteiger partial charge in [0.15, 0.2) is 5.69 Å². The molecule has 1 aromatic heterocycles. The molecule has 1 aliphatic rings. The molecule has 0 saturated carbocycles. The number of halogens is 3. The highest BCUT2D eigenvalue weighted by Crippen LogP contribution is 2.26. The fourth-order valence-corrected chi connectivity index (χ4v) is 2.52. The highest BCUT2D eigenvalue weighted by atomic mass is 19.4. The molecular weight excluding hydrogens is 301 g/mol. The second kappa shape index (κ2) is 6.47. The fourth-order valence-electron chi connectivity index (χ4n) is 2.52. The Kier molecular flexibility index (Phi) is 4.84. The first-order chi connectivity index (χ1) is 10.3. The second-order valence-corrected chi connectivity index (χ2v) is 5.42. The van der Waals surface area contributed by atoms with E-state index in [4.69, 9.17) is 5.73 Å². The number of aromatic nitrogens is 2. The van der Waals surface area contributed by atoms with Crippen LogP contribution in [-0.2, 0) is 17.5 Å². The van der Waals surface area contributed by atoms with Gasteiger partial charge in [-0.3, -0.25) is 14.5 Å². The van der Waals surface area contributed by atoms with E-state index < -0.39 is 23.3 Å². The van der Waals surface area contributed by atoms with Crippen LogP contribution in [0.2, 0.25) is 0 Å². The lowest BCUT2D eigenvalue weighted by Crippen LogP contribution is -2.41. The predicted octanol–water partition coefficient (Wildman–Crippen LogP) is 0.459. The molecule has 2 N–H and O–H groups in total. The molecular formula is C13H17F3N4O2. The summed E-state index contributed by atoms with van der Waals surface area (Å²) in [5.41, 5.74) is 3.50. The van der Waals surface area contributed by atoms with Gasteiger partial charge in [0.1, 0.15) is 0 Å². The average molecular weight is 318 g/mol. The molecule has 2 rings (SSSR count). The molecule has 1 fully saturated rings. The summed E-state index contributed by atoms with van der Waals surface area (Å²) < 4.78 is 38.7. The largest absolute Gasteiger partial charge is 0.435 e. The number of rotatable bonds is 4. The maximum Gasteiger partial charge on any atom is 0.435 e. The molecule has 1 aromatic rings. The molecule has 0 aromatic carbocycles. The minimum absolute atomic E-state index is 0.0535. The number of carbonyl (C=O) groups is 1. The molecule has 6 nitrogen and oxygen atoms in total. The number of nitrogens with zero attached hydrogens (tertiary/aromatic N) is 3. The first-order valence-corrected chi connectivity index (χ1v) is 6.91. The van der Waals surface area contributed by atoms with Crippen molar-refractivity contribution in [2.75, 3.05) is 19.6 Å². The average Bonchev–Trinajstić information content (AvgIpc) is 2.41. The first-order valence-electron chi connectivity index (χ1n) is 6.91. The van der Waals surface area contributed by atoms with Crippen LogP contribution in [0.1, 0.15) is 18.5 Å². The van der Waals surface area contributed by atoms with Crippen molar-refractivity contribution >= 4 is 5.91 Å². The van der Waals surface area contributed by atoms with Crippen LogP contribution in [0, 0.1) is 5.92 Å². The number of hydrogen-bond donors (Lipinski definition) is 1. The number of amides is 1. The van der Waals surface area contributed by atoms with Crippen molar-refractivity contribution < 1.29 is 18.0 Å². The lowest BCUT2D eigenvalue weighted by Gasteiger charge is -2.31. The Labute approximate surface area is 124 Å². The molecule has 0 aliphatic carbocycles.